The second kappa shape index (κ2) is 50.5. The van der Waals surface area contributed by atoms with Crippen molar-refractivity contribution in [2.45, 2.75) is 238 Å². The summed E-state index contributed by atoms with van der Waals surface area (Å²) in [6.45, 7) is 6.29. The quantitative estimate of drug-likeness (QED) is 0.0322. The number of unbranched alkanes of at least 4 members (excludes halogenated alkanes) is 16. The molecule has 0 saturated heterocycles. The number of hydrogen-bond donors (Lipinski definition) is 3. The summed E-state index contributed by atoms with van der Waals surface area (Å²) in [4.78, 5) is 26.1. The lowest BCUT2D eigenvalue weighted by Gasteiger charge is -2.24. The van der Waals surface area contributed by atoms with Crippen molar-refractivity contribution in [1.82, 2.24) is 5.32 Å². The number of hydrogen-bond acceptors (Lipinski definition) is 5. The van der Waals surface area contributed by atoms with Gasteiger partial charge in [-0.25, -0.2) is 0 Å². The minimum absolute atomic E-state index is 0.0273. The van der Waals surface area contributed by atoms with E-state index in [2.05, 4.69) is 123 Å². The van der Waals surface area contributed by atoms with Gasteiger partial charge in [0.25, 0.3) is 0 Å². The standard InChI is InChI=1S/C58H97NO5/c1-4-7-10-13-16-19-22-25-27-28-30-33-36-39-42-45-48-51-58(63)64-54(49-46-43-40-37-34-32-29-26-23-20-17-14-11-8-5-2)52-57(62)59-55(53-60)56(61)50-47-44-41-38-35-31-24-21-18-15-12-9-6-3/h7,10,16-17,19-20,25-27,29-30,33-34,37,39,42-43,46,54-56,60-61H,4-6,8-9,11-15,18,21-24,28,31-32,35-36,38,40-41,44-45,47-53H2,1-3H3,(H,59,62)/b10-7-,19-16-,20-17-,27-25-,29-26-,33-30-,37-34-,42-39-,46-43-. The molecule has 0 fully saturated rings. The number of ether oxygens (including phenoxy) is 1. The van der Waals surface area contributed by atoms with Gasteiger partial charge in [-0.2, -0.15) is 0 Å². The van der Waals surface area contributed by atoms with Crippen molar-refractivity contribution in [2.24, 2.45) is 0 Å². The highest BCUT2D eigenvalue weighted by molar-refractivity contribution is 5.77. The molecule has 3 unspecified atom stereocenters. The first kappa shape index (κ1) is 60.5. The zero-order valence-electron chi connectivity index (χ0n) is 41.4. The molecule has 0 bridgehead atoms. The molecule has 0 aromatic carbocycles. The molecule has 3 atom stereocenters. The van der Waals surface area contributed by atoms with Crippen LogP contribution in [0.15, 0.2) is 109 Å². The average Bonchev–Trinajstić information content (AvgIpc) is 3.29. The van der Waals surface area contributed by atoms with E-state index in [1.807, 2.05) is 12.2 Å². The number of amides is 1. The summed E-state index contributed by atoms with van der Waals surface area (Å²) in [6, 6.07) is -0.749. The summed E-state index contributed by atoms with van der Waals surface area (Å²) in [5.41, 5.74) is 0. The fraction of sp³-hybridized carbons (Fsp3) is 0.655. The van der Waals surface area contributed by atoms with Gasteiger partial charge in [0.05, 0.1) is 25.2 Å². The van der Waals surface area contributed by atoms with Crippen LogP contribution in [0.4, 0.5) is 0 Å². The lowest BCUT2D eigenvalue weighted by Crippen LogP contribution is -2.46. The zero-order valence-corrected chi connectivity index (χ0v) is 41.4. The van der Waals surface area contributed by atoms with Crippen molar-refractivity contribution in [3.63, 3.8) is 0 Å². The summed E-state index contributed by atoms with van der Waals surface area (Å²) in [7, 11) is 0. The van der Waals surface area contributed by atoms with Gasteiger partial charge in [0.2, 0.25) is 5.91 Å². The Bertz CT molecular complexity index is 1320. The number of allylic oxidation sites excluding steroid dienone is 17. The van der Waals surface area contributed by atoms with Crippen LogP contribution in [0.1, 0.15) is 220 Å². The normalized spacial score (nSPS) is 14.1. The maximum absolute atomic E-state index is 13.2. The van der Waals surface area contributed by atoms with Crippen LogP contribution in [0.2, 0.25) is 0 Å². The Kier molecular flexibility index (Phi) is 47.8. The SMILES string of the molecule is CC/C=C\C/C=C\C/C=C\C/C=C\C/C=C\CCCC(=O)OC(C/C=C\C/C=C\C/C=C\C/C=C\CCCCC)CC(=O)NC(CO)C(O)CCCCCCCCCCCCCCC. The van der Waals surface area contributed by atoms with Gasteiger partial charge >= 0.3 is 5.97 Å². The highest BCUT2D eigenvalue weighted by Gasteiger charge is 2.23. The Labute approximate surface area is 394 Å². The van der Waals surface area contributed by atoms with E-state index in [1.165, 1.54) is 83.5 Å². The van der Waals surface area contributed by atoms with E-state index in [4.69, 9.17) is 4.74 Å². The third-order valence-corrected chi connectivity index (χ3v) is 11.1. The molecule has 0 aliphatic rings. The molecule has 0 aliphatic carbocycles. The first-order valence-electron chi connectivity index (χ1n) is 26.1. The van der Waals surface area contributed by atoms with Crippen LogP contribution in [-0.4, -0.2) is 46.9 Å². The minimum Gasteiger partial charge on any atom is -0.461 e. The average molecular weight is 888 g/mol. The maximum Gasteiger partial charge on any atom is 0.306 e. The number of nitrogens with one attached hydrogen (secondary N) is 1. The predicted octanol–water partition coefficient (Wildman–Crippen LogP) is 15.9. The van der Waals surface area contributed by atoms with Crippen LogP contribution in [0, 0.1) is 0 Å². The van der Waals surface area contributed by atoms with Crippen LogP contribution < -0.4 is 5.32 Å². The van der Waals surface area contributed by atoms with E-state index in [0.29, 0.717) is 19.3 Å². The molecule has 0 radical (unpaired) electrons. The molecule has 0 aliphatic heterocycles. The monoisotopic (exact) mass is 888 g/mol. The van der Waals surface area contributed by atoms with E-state index in [1.54, 1.807) is 0 Å². The third kappa shape index (κ3) is 45.1. The Morgan fingerprint density at radius 1 is 0.484 bits per heavy atom. The minimum atomic E-state index is -0.827. The van der Waals surface area contributed by atoms with Crippen LogP contribution in [0.25, 0.3) is 0 Å². The molecular formula is C58H97NO5. The molecule has 0 rings (SSSR count). The Morgan fingerprint density at radius 2 is 0.875 bits per heavy atom. The van der Waals surface area contributed by atoms with E-state index in [9.17, 15) is 19.8 Å². The summed E-state index contributed by atoms with van der Waals surface area (Å²) in [6.07, 6.45) is 68.8. The first-order valence-corrected chi connectivity index (χ1v) is 26.1. The van der Waals surface area contributed by atoms with Crippen LogP contribution in [-0.2, 0) is 14.3 Å². The molecule has 6 nitrogen and oxygen atoms in total. The van der Waals surface area contributed by atoms with Crippen molar-refractivity contribution < 1.29 is 24.5 Å². The van der Waals surface area contributed by atoms with Crippen molar-refractivity contribution in [2.75, 3.05) is 6.61 Å². The zero-order chi connectivity index (χ0) is 46.7. The summed E-state index contributed by atoms with van der Waals surface area (Å²) in [5, 5.41) is 23.7. The molecule has 64 heavy (non-hydrogen) atoms. The number of carbonyl (C=O) groups excluding carboxylic acids is 2. The molecule has 1 amide bonds. The van der Waals surface area contributed by atoms with E-state index in [0.717, 1.165) is 83.5 Å². The second-order valence-electron chi connectivity index (χ2n) is 17.2. The fourth-order valence-corrected chi connectivity index (χ4v) is 7.15. The molecule has 6 heteroatoms. The van der Waals surface area contributed by atoms with Crippen LogP contribution >= 0.6 is 0 Å². The lowest BCUT2D eigenvalue weighted by molar-refractivity contribution is -0.150. The molecule has 0 aromatic rings. The van der Waals surface area contributed by atoms with Crippen molar-refractivity contribution in [3.05, 3.63) is 109 Å². The number of carbonyl (C=O) groups is 2. The highest BCUT2D eigenvalue weighted by atomic mass is 16.5. The van der Waals surface area contributed by atoms with Gasteiger partial charge in [-0.3, -0.25) is 9.59 Å². The first-order chi connectivity index (χ1) is 31.5. The van der Waals surface area contributed by atoms with Gasteiger partial charge in [0.1, 0.15) is 6.10 Å². The van der Waals surface area contributed by atoms with Crippen LogP contribution in [0.3, 0.4) is 0 Å². The third-order valence-electron chi connectivity index (χ3n) is 11.1. The highest BCUT2D eigenvalue weighted by Crippen LogP contribution is 2.15. The van der Waals surface area contributed by atoms with E-state index in [-0.39, 0.29) is 31.3 Å². The molecule has 0 heterocycles. The Morgan fingerprint density at radius 3 is 1.33 bits per heavy atom. The number of rotatable bonds is 45. The lowest BCUT2D eigenvalue weighted by atomic mass is 10.0. The predicted molar refractivity (Wildman–Crippen MR) is 277 cm³/mol. The molecular weight excluding hydrogens is 791 g/mol. The molecule has 0 saturated carbocycles. The summed E-state index contributed by atoms with van der Waals surface area (Å²) in [5.74, 6) is -0.655. The maximum atomic E-state index is 13.2. The molecule has 0 spiro atoms. The van der Waals surface area contributed by atoms with Gasteiger partial charge in [0, 0.05) is 12.8 Å². The Balaban J connectivity index is 4.83. The smallest absolute Gasteiger partial charge is 0.306 e. The van der Waals surface area contributed by atoms with Crippen molar-refractivity contribution in [3.8, 4) is 0 Å². The van der Waals surface area contributed by atoms with Gasteiger partial charge in [-0.15, -0.1) is 0 Å². The number of aliphatic hydroxyl groups excluding tert-OH is 2. The molecule has 3 N–H and O–H groups in total. The fourth-order valence-electron chi connectivity index (χ4n) is 7.15. The van der Waals surface area contributed by atoms with Crippen molar-refractivity contribution >= 4 is 11.9 Å². The second-order valence-corrected chi connectivity index (χ2v) is 17.2. The topological polar surface area (TPSA) is 95.9 Å². The van der Waals surface area contributed by atoms with Crippen LogP contribution in [0.5, 0.6) is 0 Å². The summed E-state index contributed by atoms with van der Waals surface area (Å²) >= 11 is 0. The summed E-state index contributed by atoms with van der Waals surface area (Å²) < 4.78 is 5.84. The van der Waals surface area contributed by atoms with Gasteiger partial charge in [-0.1, -0.05) is 226 Å². The van der Waals surface area contributed by atoms with Gasteiger partial charge < -0.3 is 20.3 Å². The van der Waals surface area contributed by atoms with Crippen molar-refractivity contribution in [1.29, 1.82) is 0 Å². The number of aliphatic hydroxyl groups is 2. The molecule has 364 valence electrons. The van der Waals surface area contributed by atoms with Gasteiger partial charge in [0.15, 0.2) is 0 Å². The van der Waals surface area contributed by atoms with E-state index < -0.39 is 18.2 Å². The largest absolute Gasteiger partial charge is 0.461 e. The number of esters is 1. The Hall–Kier alpha value is -3.48. The van der Waals surface area contributed by atoms with Gasteiger partial charge in [-0.05, 0) is 83.5 Å². The molecule has 0 aromatic heterocycles. The van der Waals surface area contributed by atoms with E-state index >= 15 is 0 Å².